The SMILES string of the molecule is CN(CCC(F)(F)F)C(=O)N1CCCC1. The maximum absolute atomic E-state index is 11.9. The Morgan fingerprint density at radius 3 is 2.33 bits per heavy atom. The Morgan fingerprint density at radius 1 is 1.33 bits per heavy atom. The maximum atomic E-state index is 11.9. The van der Waals surface area contributed by atoms with Gasteiger partial charge in [0.1, 0.15) is 0 Å². The lowest BCUT2D eigenvalue weighted by Gasteiger charge is -2.24. The molecular formula is C9H15F3N2O. The molecule has 0 aromatic carbocycles. The maximum Gasteiger partial charge on any atom is 0.390 e. The van der Waals surface area contributed by atoms with Crippen LogP contribution in [0.1, 0.15) is 19.3 Å². The number of hydrogen-bond donors (Lipinski definition) is 0. The number of rotatable bonds is 2. The third kappa shape index (κ3) is 3.97. The van der Waals surface area contributed by atoms with Gasteiger partial charge in [0, 0.05) is 26.7 Å². The number of alkyl halides is 3. The van der Waals surface area contributed by atoms with E-state index in [4.69, 9.17) is 0 Å². The molecule has 0 atom stereocenters. The monoisotopic (exact) mass is 224 g/mol. The van der Waals surface area contributed by atoms with Gasteiger partial charge in [-0.25, -0.2) is 4.79 Å². The van der Waals surface area contributed by atoms with Crippen molar-refractivity contribution in [3.63, 3.8) is 0 Å². The molecule has 1 saturated heterocycles. The molecule has 0 radical (unpaired) electrons. The average Bonchev–Trinajstić information content (AvgIpc) is 2.64. The fourth-order valence-electron chi connectivity index (χ4n) is 1.54. The molecule has 1 aliphatic rings. The number of nitrogens with zero attached hydrogens (tertiary/aromatic N) is 2. The summed E-state index contributed by atoms with van der Waals surface area (Å²) in [7, 11) is 1.41. The summed E-state index contributed by atoms with van der Waals surface area (Å²) in [5.74, 6) is 0. The molecule has 1 fully saturated rings. The van der Waals surface area contributed by atoms with Gasteiger partial charge in [-0.1, -0.05) is 0 Å². The van der Waals surface area contributed by atoms with Crippen LogP contribution in [0.25, 0.3) is 0 Å². The Kier molecular flexibility index (Phi) is 3.82. The van der Waals surface area contributed by atoms with Crippen molar-refractivity contribution in [3.05, 3.63) is 0 Å². The summed E-state index contributed by atoms with van der Waals surface area (Å²) in [6.45, 7) is 1.06. The normalized spacial score (nSPS) is 16.9. The fourth-order valence-corrected chi connectivity index (χ4v) is 1.54. The third-order valence-electron chi connectivity index (χ3n) is 2.43. The first-order valence-corrected chi connectivity index (χ1v) is 4.97. The van der Waals surface area contributed by atoms with Crippen molar-refractivity contribution < 1.29 is 18.0 Å². The average molecular weight is 224 g/mol. The van der Waals surface area contributed by atoms with Gasteiger partial charge in [-0.05, 0) is 12.8 Å². The van der Waals surface area contributed by atoms with Crippen molar-refractivity contribution in [1.82, 2.24) is 9.80 Å². The Hall–Kier alpha value is -0.940. The highest BCUT2D eigenvalue weighted by Crippen LogP contribution is 2.20. The van der Waals surface area contributed by atoms with E-state index in [1.54, 1.807) is 4.90 Å². The summed E-state index contributed by atoms with van der Waals surface area (Å²) in [6.07, 6.45) is -3.25. The van der Waals surface area contributed by atoms with Crippen LogP contribution in [0.3, 0.4) is 0 Å². The lowest BCUT2D eigenvalue weighted by molar-refractivity contribution is -0.136. The molecule has 88 valence electrons. The van der Waals surface area contributed by atoms with E-state index in [0.717, 1.165) is 17.7 Å². The van der Waals surface area contributed by atoms with E-state index in [0.29, 0.717) is 13.1 Å². The number of urea groups is 1. The smallest absolute Gasteiger partial charge is 0.327 e. The van der Waals surface area contributed by atoms with Gasteiger partial charge in [-0.2, -0.15) is 13.2 Å². The molecule has 0 aromatic heterocycles. The molecule has 2 amide bonds. The highest BCUT2D eigenvalue weighted by Gasteiger charge is 2.29. The highest BCUT2D eigenvalue weighted by molar-refractivity contribution is 5.74. The van der Waals surface area contributed by atoms with Crippen LogP contribution in [0.5, 0.6) is 0 Å². The van der Waals surface area contributed by atoms with Crippen molar-refractivity contribution in [1.29, 1.82) is 0 Å². The van der Waals surface area contributed by atoms with E-state index < -0.39 is 12.6 Å². The standard InChI is InChI=1S/C9H15F3N2O/c1-13(7-4-9(10,11)12)8(15)14-5-2-3-6-14/h2-7H2,1H3. The first-order chi connectivity index (χ1) is 6.90. The minimum absolute atomic E-state index is 0.265. The van der Waals surface area contributed by atoms with Gasteiger partial charge in [0.15, 0.2) is 0 Å². The molecule has 0 saturated carbocycles. The van der Waals surface area contributed by atoms with Crippen LogP contribution >= 0.6 is 0 Å². The first-order valence-electron chi connectivity index (χ1n) is 4.97. The van der Waals surface area contributed by atoms with Crippen molar-refractivity contribution >= 4 is 6.03 Å². The van der Waals surface area contributed by atoms with Gasteiger partial charge in [-0.15, -0.1) is 0 Å². The van der Waals surface area contributed by atoms with Crippen molar-refractivity contribution in [2.45, 2.75) is 25.4 Å². The summed E-state index contributed by atoms with van der Waals surface area (Å²) in [4.78, 5) is 14.3. The molecule has 0 unspecified atom stereocenters. The second-order valence-corrected chi connectivity index (χ2v) is 3.76. The number of halogens is 3. The molecule has 15 heavy (non-hydrogen) atoms. The predicted molar refractivity (Wildman–Crippen MR) is 49.5 cm³/mol. The Balaban J connectivity index is 2.32. The van der Waals surface area contributed by atoms with E-state index >= 15 is 0 Å². The molecule has 1 aliphatic heterocycles. The molecule has 0 bridgehead atoms. The summed E-state index contributed by atoms with van der Waals surface area (Å²) < 4.78 is 35.7. The second kappa shape index (κ2) is 4.72. The number of carbonyl (C=O) groups is 1. The lowest BCUT2D eigenvalue weighted by atomic mass is 10.4. The van der Waals surface area contributed by atoms with Crippen molar-refractivity contribution in [2.75, 3.05) is 26.7 Å². The molecule has 0 spiro atoms. The zero-order valence-corrected chi connectivity index (χ0v) is 8.68. The van der Waals surface area contributed by atoms with Crippen LogP contribution in [0.15, 0.2) is 0 Å². The number of amides is 2. The second-order valence-electron chi connectivity index (χ2n) is 3.76. The summed E-state index contributed by atoms with van der Waals surface area (Å²) in [5, 5.41) is 0. The fraction of sp³-hybridized carbons (Fsp3) is 0.889. The minimum atomic E-state index is -4.19. The number of carbonyl (C=O) groups excluding carboxylic acids is 1. The molecule has 6 heteroatoms. The molecule has 0 aliphatic carbocycles. The van der Waals surface area contributed by atoms with Crippen LogP contribution in [-0.2, 0) is 0 Å². The van der Waals surface area contributed by atoms with Crippen LogP contribution in [0, 0.1) is 0 Å². The van der Waals surface area contributed by atoms with E-state index in [1.165, 1.54) is 7.05 Å². The van der Waals surface area contributed by atoms with Crippen LogP contribution in [0.2, 0.25) is 0 Å². The van der Waals surface area contributed by atoms with Crippen LogP contribution < -0.4 is 0 Å². The highest BCUT2D eigenvalue weighted by atomic mass is 19.4. The van der Waals surface area contributed by atoms with Gasteiger partial charge in [0.2, 0.25) is 0 Å². The van der Waals surface area contributed by atoms with Crippen LogP contribution in [-0.4, -0.2) is 48.7 Å². The summed E-state index contributed by atoms with van der Waals surface area (Å²) in [6, 6.07) is -0.295. The Bertz CT molecular complexity index is 224. The Labute approximate surface area is 86.8 Å². The molecular weight excluding hydrogens is 209 g/mol. The first kappa shape index (κ1) is 12.1. The molecule has 0 aromatic rings. The van der Waals surface area contributed by atoms with Gasteiger partial charge >= 0.3 is 12.2 Å². The number of hydrogen-bond acceptors (Lipinski definition) is 1. The Morgan fingerprint density at radius 2 is 1.87 bits per heavy atom. The van der Waals surface area contributed by atoms with E-state index in [2.05, 4.69) is 0 Å². The lowest BCUT2D eigenvalue weighted by Crippen LogP contribution is -2.40. The number of likely N-dealkylation sites (tertiary alicyclic amines) is 1. The summed E-state index contributed by atoms with van der Waals surface area (Å²) >= 11 is 0. The quantitative estimate of drug-likeness (QED) is 0.704. The predicted octanol–water partition coefficient (Wildman–Crippen LogP) is 2.09. The van der Waals surface area contributed by atoms with E-state index in [-0.39, 0.29) is 12.6 Å². The summed E-state index contributed by atoms with van der Waals surface area (Å²) in [5.41, 5.74) is 0. The van der Waals surface area contributed by atoms with Crippen molar-refractivity contribution in [2.24, 2.45) is 0 Å². The minimum Gasteiger partial charge on any atom is -0.327 e. The zero-order valence-electron chi connectivity index (χ0n) is 8.68. The van der Waals surface area contributed by atoms with Gasteiger partial charge in [0.25, 0.3) is 0 Å². The van der Waals surface area contributed by atoms with E-state index in [1.807, 2.05) is 0 Å². The van der Waals surface area contributed by atoms with E-state index in [9.17, 15) is 18.0 Å². The molecule has 0 N–H and O–H groups in total. The van der Waals surface area contributed by atoms with Gasteiger partial charge < -0.3 is 9.80 Å². The topological polar surface area (TPSA) is 23.6 Å². The zero-order chi connectivity index (χ0) is 11.5. The molecule has 3 nitrogen and oxygen atoms in total. The van der Waals surface area contributed by atoms with Gasteiger partial charge in [0.05, 0.1) is 6.42 Å². The van der Waals surface area contributed by atoms with Gasteiger partial charge in [-0.3, -0.25) is 0 Å². The molecule has 1 rings (SSSR count). The molecule has 1 heterocycles. The third-order valence-corrected chi connectivity index (χ3v) is 2.43. The van der Waals surface area contributed by atoms with Crippen LogP contribution in [0.4, 0.5) is 18.0 Å². The van der Waals surface area contributed by atoms with Crippen molar-refractivity contribution in [3.8, 4) is 0 Å². The largest absolute Gasteiger partial charge is 0.390 e.